The molecule has 0 N–H and O–H groups in total. The van der Waals surface area contributed by atoms with Crippen molar-refractivity contribution < 1.29 is 4.70 Å². The smallest absolute Gasteiger partial charge is 0.210 e. The number of hydrogen-bond donors (Lipinski definition) is 0. The quantitative estimate of drug-likeness (QED) is 0.158. The first-order valence-electron chi connectivity index (χ1n) is 14.8. The van der Waals surface area contributed by atoms with E-state index in [4.69, 9.17) is 0 Å². The molecular weight excluding hydrogens is 436 g/mol. The SMILES string of the molecule is CCCCCCCCc1cccc(C2=CC(CCCCCC)=C(c3cccc(CCCC)c3)[N+]2=[N-])c1. The average molecular weight is 485 g/mol. The fourth-order valence-corrected chi connectivity index (χ4v) is 5.25. The molecule has 2 aromatic rings. The summed E-state index contributed by atoms with van der Waals surface area (Å²) in [5.41, 5.74) is 19.6. The van der Waals surface area contributed by atoms with Crippen LogP contribution in [0.25, 0.3) is 16.9 Å². The largest absolute Gasteiger partial charge is 0.493 e. The molecule has 0 saturated heterocycles. The van der Waals surface area contributed by atoms with Gasteiger partial charge in [0.05, 0.1) is 0 Å². The van der Waals surface area contributed by atoms with Crippen molar-refractivity contribution in [2.75, 3.05) is 0 Å². The third-order valence-corrected chi connectivity index (χ3v) is 7.42. The molecule has 1 aliphatic heterocycles. The van der Waals surface area contributed by atoms with Crippen LogP contribution < -0.4 is 0 Å². The van der Waals surface area contributed by atoms with Gasteiger partial charge in [0.25, 0.3) is 0 Å². The summed E-state index contributed by atoms with van der Waals surface area (Å²) in [4.78, 5) is 0. The van der Waals surface area contributed by atoms with Gasteiger partial charge in [0.2, 0.25) is 11.4 Å². The molecule has 0 amide bonds. The summed E-state index contributed by atoms with van der Waals surface area (Å²) in [6, 6.07) is 17.6. The molecule has 0 radical (unpaired) electrons. The van der Waals surface area contributed by atoms with Gasteiger partial charge in [-0.1, -0.05) is 103 Å². The van der Waals surface area contributed by atoms with Crippen molar-refractivity contribution in [3.63, 3.8) is 0 Å². The molecule has 3 rings (SSSR count). The van der Waals surface area contributed by atoms with E-state index in [-0.39, 0.29) is 0 Å². The van der Waals surface area contributed by atoms with E-state index in [1.807, 2.05) is 0 Å². The molecule has 1 aliphatic rings. The molecule has 0 aromatic heterocycles. The van der Waals surface area contributed by atoms with Gasteiger partial charge in [-0.15, -0.1) is 0 Å². The highest BCUT2D eigenvalue weighted by atomic mass is 15.2. The standard InChI is InChI=1S/C34H48N2/c1-4-7-10-12-13-14-19-29-20-16-23-30(25-29)33-27-32(22-15-11-8-5-2)34(36(33)35)31-24-17-21-28(26-31)18-9-6-3/h16-17,20-21,23-27H,4-15,18-19,22H2,1-3H3. The van der Waals surface area contributed by atoms with Crippen molar-refractivity contribution in [2.45, 2.75) is 117 Å². The molecular formula is C34H48N2. The summed E-state index contributed by atoms with van der Waals surface area (Å²) in [5.74, 6) is 0. The summed E-state index contributed by atoms with van der Waals surface area (Å²) in [5, 5.41) is 0. The Kier molecular flexibility index (Phi) is 12.2. The van der Waals surface area contributed by atoms with Crippen molar-refractivity contribution in [3.8, 4) is 0 Å². The van der Waals surface area contributed by atoms with Crippen LogP contribution in [0.5, 0.6) is 0 Å². The van der Waals surface area contributed by atoms with Crippen LogP contribution in [0.15, 0.2) is 60.2 Å². The summed E-state index contributed by atoms with van der Waals surface area (Å²) in [6.45, 7) is 6.77. The minimum atomic E-state index is 0.916. The zero-order valence-electron chi connectivity index (χ0n) is 23.2. The van der Waals surface area contributed by atoms with Crippen molar-refractivity contribution >= 4 is 11.4 Å². The summed E-state index contributed by atoms with van der Waals surface area (Å²) in [7, 11) is 0. The second kappa shape index (κ2) is 15.6. The zero-order chi connectivity index (χ0) is 25.6. The fourth-order valence-electron chi connectivity index (χ4n) is 5.25. The molecule has 0 fully saturated rings. The Bertz CT molecular complexity index is 1030. The van der Waals surface area contributed by atoms with Gasteiger partial charge in [-0.3, -0.25) is 0 Å². The van der Waals surface area contributed by atoms with E-state index in [1.54, 1.807) is 0 Å². The molecule has 2 heteroatoms. The van der Waals surface area contributed by atoms with Gasteiger partial charge < -0.3 is 5.53 Å². The molecule has 194 valence electrons. The fraction of sp³-hybridized carbons (Fsp3) is 0.529. The van der Waals surface area contributed by atoms with E-state index in [9.17, 15) is 5.53 Å². The Morgan fingerprint density at radius 1 is 0.583 bits per heavy atom. The second-order valence-corrected chi connectivity index (χ2v) is 10.5. The first kappa shape index (κ1) is 28.1. The lowest BCUT2D eigenvalue weighted by Crippen LogP contribution is -2.03. The van der Waals surface area contributed by atoms with Crippen molar-refractivity contribution in [1.82, 2.24) is 0 Å². The highest BCUT2D eigenvalue weighted by Gasteiger charge is 2.28. The van der Waals surface area contributed by atoms with Crippen LogP contribution in [0.3, 0.4) is 0 Å². The zero-order valence-corrected chi connectivity index (χ0v) is 23.2. The maximum absolute atomic E-state index is 11.5. The number of nitrogens with zero attached hydrogens (tertiary/aromatic N) is 2. The van der Waals surface area contributed by atoms with Crippen LogP contribution in [0.2, 0.25) is 0 Å². The van der Waals surface area contributed by atoms with Crippen LogP contribution in [0.4, 0.5) is 0 Å². The molecule has 0 saturated carbocycles. The van der Waals surface area contributed by atoms with E-state index in [2.05, 4.69) is 75.4 Å². The highest BCUT2D eigenvalue weighted by Crippen LogP contribution is 2.38. The number of hydrogen-bond acceptors (Lipinski definition) is 0. The van der Waals surface area contributed by atoms with Gasteiger partial charge in [0, 0.05) is 22.8 Å². The number of rotatable bonds is 17. The van der Waals surface area contributed by atoms with Crippen LogP contribution in [0, 0.1) is 0 Å². The first-order valence-corrected chi connectivity index (χ1v) is 14.8. The maximum Gasteiger partial charge on any atom is 0.210 e. The number of allylic oxidation sites excluding steroid dienone is 2. The summed E-state index contributed by atoms with van der Waals surface area (Å²) in [6.07, 6.45) is 20.7. The van der Waals surface area contributed by atoms with E-state index < -0.39 is 0 Å². The Morgan fingerprint density at radius 3 is 1.81 bits per heavy atom. The average Bonchev–Trinajstić information content (AvgIpc) is 3.23. The lowest BCUT2D eigenvalue weighted by atomic mass is 9.99. The predicted octanol–water partition coefficient (Wildman–Crippen LogP) is 10.7. The Labute approximate surface area is 221 Å². The molecule has 36 heavy (non-hydrogen) atoms. The van der Waals surface area contributed by atoms with Crippen LogP contribution in [-0.2, 0) is 12.8 Å². The van der Waals surface area contributed by atoms with E-state index in [1.165, 1.54) is 92.0 Å². The predicted molar refractivity (Wildman–Crippen MR) is 156 cm³/mol. The monoisotopic (exact) mass is 484 g/mol. The topological polar surface area (TPSA) is 25.3 Å². The van der Waals surface area contributed by atoms with Gasteiger partial charge in [-0.2, -0.15) is 0 Å². The maximum atomic E-state index is 11.5. The number of aryl methyl sites for hydroxylation is 2. The van der Waals surface area contributed by atoms with Crippen LogP contribution in [-0.4, -0.2) is 4.70 Å². The minimum absolute atomic E-state index is 0.916. The molecule has 0 bridgehead atoms. The van der Waals surface area contributed by atoms with Crippen molar-refractivity contribution in [1.29, 1.82) is 0 Å². The Balaban J connectivity index is 1.78. The van der Waals surface area contributed by atoms with Gasteiger partial charge in [0.15, 0.2) is 0 Å². The van der Waals surface area contributed by atoms with Gasteiger partial charge in [0.1, 0.15) is 0 Å². The van der Waals surface area contributed by atoms with Gasteiger partial charge >= 0.3 is 0 Å². The number of benzene rings is 2. The van der Waals surface area contributed by atoms with E-state index >= 15 is 0 Å². The van der Waals surface area contributed by atoms with Crippen molar-refractivity contribution in [3.05, 3.63) is 88.0 Å². The first-order chi connectivity index (χ1) is 17.7. The molecule has 0 unspecified atom stereocenters. The normalized spacial score (nSPS) is 13.5. The number of unbranched alkanes of at least 4 members (excludes halogenated alkanes) is 9. The van der Waals surface area contributed by atoms with Crippen LogP contribution in [0.1, 0.15) is 126 Å². The molecule has 0 spiro atoms. The third-order valence-electron chi connectivity index (χ3n) is 7.42. The lowest BCUT2D eigenvalue weighted by Gasteiger charge is -2.12. The van der Waals surface area contributed by atoms with Crippen molar-refractivity contribution in [2.24, 2.45) is 0 Å². The van der Waals surface area contributed by atoms with Gasteiger partial charge in [-0.05, 0) is 73.9 Å². The summed E-state index contributed by atoms with van der Waals surface area (Å²) >= 11 is 0. The molecule has 1 heterocycles. The highest BCUT2D eigenvalue weighted by molar-refractivity contribution is 5.78. The van der Waals surface area contributed by atoms with E-state index in [0.29, 0.717) is 0 Å². The van der Waals surface area contributed by atoms with Crippen LogP contribution >= 0.6 is 0 Å². The Morgan fingerprint density at radius 2 is 1.11 bits per heavy atom. The van der Waals surface area contributed by atoms with Gasteiger partial charge in [-0.25, -0.2) is 4.70 Å². The minimum Gasteiger partial charge on any atom is -0.493 e. The molecule has 2 nitrogen and oxygen atoms in total. The lowest BCUT2D eigenvalue weighted by molar-refractivity contribution is -0.344. The Hall–Kier alpha value is -2.48. The molecule has 2 aromatic carbocycles. The molecule has 0 aliphatic carbocycles. The third kappa shape index (κ3) is 8.29. The van der Waals surface area contributed by atoms with E-state index in [0.717, 1.165) is 48.2 Å². The summed E-state index contributed by atoms with van der Waals surface area (Å²) < 4.78 is 1.47. The molecule has 0 atom stereocenters. The second-order valence-electron chi connectivity index (χ2n) is 10.5.